The summed E-state index contributed by atoms with van der Waals surface area (Å²) in [5.41, 5.74) is 1.36. The second-order valence-corrected chi connectivity index (χ2v) is 5.46. The largest absolute Gasteiger partial charge is 0.348 e. The van der Waals surface area contributed by atoms with Crippen LogP contribution in [0.3, 0.4) is 0 Å². The van der Waals surface area contributed by atoms with Crippen molar-refractivity contribution in [2.24, 2.45) is 0 Å². The average Bonchev–Trinajstić information content (AvgIpc) is 2.73. The quantitative estimate of drug-likeness (QED) is 0.782. The molecule has 0 spiro atoms. The molecule has 2 rings (SSSR count). The van der Waals surface area contributed by atoms with E-state index in [1.165, 1.54) is 5.69 Å². The van der Waals surface area contributed by atoms with Crippen LogP contribution < -0.4 is 4.90 Å². The predicted molar refractivity (Wildman–Crippen MR) is 71.0 cm³/mol. The summed E-state index contributed by atoms with van der Waals surface area (Å²) in [6, 6.07) is 10.5. The van der Waals surface area contributed by atoms with E-state index < -0.39 is 0 Å². The molecule has 1 heterocycles. The fraction of sp³-hybridized carbons (Fsp3) is 0.571. The Hall–Kier alpha value is -1.06. The molecule has 1 atom stereocenters. The minimum absolute atomic E-state index is 0.0393. The molecule has 94 valence electrons. The van der Waals surface area contributed by atoms with Gasteiger partial charge in [-0.15, -0.1) is 0 Å². The standard InChI is InChI=1S/C14H22N2O/c1-14(2,3)16-11-10-15(13(16)17-4)12-8-6-5-7-9-12/h5-9,13H,10-11H2,1-4H3. The Kier molecular flexibility index (Phi) is 3.40. The van der Waals surface area contributed by atoms with Crippen LogP contribution >= 0.6 is 0 Å². The van der Waals surface area contributed by atoms with Gasteiger partial charge in [-0.1, -0.05) is 18.2 Å². The monoisotopic (exact) mass is 234 g/mol. The molecule has 3 nitrogen and oxygen atoms in total. The number of para-hydroxylation sites is 1. The van der Waals surface area contributed by atoms with Gasteiger partial charge in [0.25, 0.3) is 0 Å². The summed E-state index contributed by atoms with van der Waals surface area (Å²) in [5, 5.41) is 0. The number of rotatable bonds is 2. The number of benzene rings is 1. The van der Waals surface area contributed by atoms with Crippen molar-refractivity contribution < 1.29 is 4.74 Å². The Labute approximate surface area is 104 Å². The van der Waals surface area contributed by atoms with Gasteiger partial charge >= 0.3 is 0 Å². The molecule has 0 amide bonds. The van der Waals surface area contributed by atoms with Gasteiger partial charge in [-0.3, -0.25) is 4.90 Å². The first-order chi connectivity index (χ1) is 8.04. The van der Waals surface area contributed by atoms with Crippen molar-refractivity contribution in [3.63, 3.8) is 0 Å². The molecule has 0 N–H and O–H groups in total. The number of anilines is 1. The van der Waals surface area contributed by atoms with Crippen LogP contribution in [0.25, 0.3) is 0 Å². The summed E-state index contributed by atoms with van der Waals surface area (Å²) in [7, 11) is 1.78. The number of hydrogen-bond acceptors (Lipinski definition) is 3. The Morgan fingerprint density at radius 1 is 1.12 bits per heavy atom. The zero-order valence-corrected chi connectivity index (χ0v) is 11.2. The van der Waals surface area contributed by atoms with E-state index in [1.807, 2.05) is 6.07 Å². The lowest BCUT2D eigenvalue weighted by molar-refractivity contribution is -0.0465. The molecule has 1 saturated heterocycles. The third-order valence-electron chi connectivity index (χ3n) is 3.28. The van der Waals surface area contributed by atoms with Gasteiger partial charge < -0.3 is 9.64 Å². The maximum Gasteiger partial charge on any atom is 0.189 e. The van der Waals surface area contributed by atoms with Crippen LogP contribution in [0.2, 0.25) is 0 Å². The minimum atomic E-state index is 0.0393. The van der Waals surface area contributed by atoms with Crippen LogP contribution in [0.1, 0.15) is 20.8 Å². The number of nitrogens with zero attached hydrogens (tertiary/aromatic N) is 2. The van der Waals surface area contributed by atoms with Crippen molar-refractivity contribution in [3.05, 3.63) is 30.3 Å². The number of ether oxygens (including phenoxy) is 1. The van der Waals surface area contributed by atoms with E-state index in [-0.39, 0.29) is 11.9 Å². The van der Waals surface area contributed by atoms with Gasteiger partial charge in [0.15, 0.2) is 6.35 Å². The topological polar surface area (TPSA) is 15.7 Å². The highest BCUT2D eigenvalue weighted by atomic mass is 16.5. The smallest absolute Gasteiger partial charge is 0.189 e. The molecule has 0 aliphatic carbocycles. The van der Waals surface area contributed by atoms with Crippen LogP contribution in [0.4, 0.5) is 5.69 Å². The van der Waals surface area contributed by atoms with Crippen LogP contribution in [0.15, 0.2) is 30.3 Å². The summed E-state index contributed by atoms with van der Waals surface area (Å²) in [5.74, 6) is 0. The number of methoxy groups -OCH3 is 1. The van der Waals surface area contributed by atoms with Crippen molar-refractivity contribution in [1.29, 1.82) is 0 Å². The highest BCUT2D eigenvalue weighted by Gasteiger charge is 2.38. The predicted octanol–water partition coefficient (Wildman–Crippen LogP) is 2.54. The lowest BCUT2D eigenvalue weighted by Crippen LogP contribution is -2.49. The number of hydrogen-bond donors (Lipinski definition) is 0. The summed E-state index contributed by atoms with van der Waals surface area (Å²) >= 11 is 0. The van der Waals surface area contributed by atoms with Crippen LogP contribution in [-0.4, -0.2) is 37.0 Å². The lowest BCUT2D eigenvalue weighted by Gasteiger charge is -2.38. The first-order valence-corrected chi connectivity index (χ1v) is 6.15. The van der Waals surface area contributed by atoms with Gasteiger partial charge in [0.1, 0.15) is 0 Å². The second kappa shape index (κ2) is 4.67. The molecule has 1 aliphatic heterocycles. The van der Waals surface area contributed by atoms with Crippen LogP contribution in [0, 0.1) is 0 Å². The van der Waals surface area contributed by atoms with E-state index in [0.717, 1.165) is 13.1 Å². The Morgan fingerprint density at radius 3 is 2.29 bits per heavy atom. The zero-order valence-electron chi connectivity index (χ0n) is 11.2. The van der Waals surface area contributed by atoms with Gasteiger partial charge in [-0.05, 0) is 32.9 Å². The first kappa shape index (κ1) is 12.4. The molecule has 17 heavy (non-hydrogen) atoms. The normalized spacial score (nSPS) is 22.1. The SMILES string of the molecule is COC1N(c2ccccc2)CCN1C(C)(C)C. The van der Waals surface area contributed by atoms with E-state index in [4.69, 9.17) is 4.74 Å². The van der Waals surface area contributed by atoms with Crippen molar-refractivity contribution >= 4 is 5.69 Å². The van der Waals surface area contributed by atoms with Gasteiger partial charge in [-0.2, -0.15) is 0 Å². The molecular weight excluding hydrogens is 212 g/mol. The molecule has 0 radical (unpaired) electrons. The Bertz CT molecular complexity index is 358. The molecule has 3 heteroatoms. The van der Waals surface area contributed by atoms with Gasteiger partial charge in [0.2, 0.25) is 0 Å². The molecule has 1 unspecified atom stereocenters. The molecule has 1 aromatic rings. The summed E-state index contributed by atoms with van der Waals surface area (Å²) in [6.07, 6.45) is 0.0393. The molecule has 0 saturated carbocycles. The van der Waals surface area contributed by atoms with Gasteiger partial charge in [-0.25, -0.2) is 0 Å². The van der Waals surface area contributed by atoms with Crippen molar-refractivity contribution in [3.8, 4) is 0 Å². The summed E-state index contributed by atoms with van der Waals surface area (Å²) < 4.78 is 5.67. The maximum absolute atomic E-state index is 5.67. The van der Waals surface area contributed by atoms with Crippen molar-refractivity contribution in [2.45, 2.75) is 32.7 Å². The average molecular weight is 234 g/mol. The van der Waals surface area contributed by atoms with E-state index >= 15 is 0 Å². The molecule has 0 aromatic heterocycles. The van der Waals surface area contributed by atoms with Crippen molar-refractivity contribution in [2.75, 3.05) is 25.1 Å². The summed E-state index contributed by atoms with van der Waals surface area (Å²) in [4.78, 5) is 4.70. The van der Waals surface area contributed by atoms with Gasteiger partial charge in [0.05, 0.1) is 0 Å². The molecular formula is C14H22N2O. The molecule has 1 aliphatic rings. The lowest BCUT2D eigenvalue weighted by atomic mass is 10.1. The Balaban J connectivity index is 2.22. The minimum Gasteiger partial charge on any atom is -0.348 e. The summed E-state index contributed by atoms with van der Waals surface area (Å²) in [6.45, 7) is 8.74. The highest BCUT2D eigenvalue weighted by Crippen LogP contribution is 2.28. The third-order valence-corrected chi connectivity index (χ3v) is 3.28. The fourth-order valence-electron chi connectivity index (χ4n) is 2.40. The third kappa shape index (κ3) is 2.45. The van der Waals surface area contributed by atoms with E-state index in [0.29, 0.717) is 0 Å². The second-order valence-electron chi connectivity index (χ2n) is 5.46. The molecule has 1 aromatic carbocycles. The zero-order chi connectivity index (χ0) is 12.5. The van der Waals surface area contributed by atoms with Crippen LogP contribution in [0.5, 0.6) is 0 Å². The maximum atomic E-state index is 5.67. The van der Waals surface area contributed by atoms with Crippen molar-refractivity contribution in [1.82, 2.24) is 4.90 Å². The van der Waals surface area contributed by atoms with E-state index in [9.17, 15) is 0 Å². The van der Waals surface area contributed by atoms with E-state index in [2.05, 4.69) is 54.8 Å². The van der Waals surface area contributed by atoms with Crippen LogP contribution in [-0.2, 0) is 4.74 Å². The van der Waals surface area contributed by atoms with E-state index in [1.54, 1.807) is 7.11 Å². The highest BCUT2D eigenvalue weighted by molar-refractivity contribution is 5.47. The molecule has 1 fully saturated rings. The fourth-order valence-corrected chi connectivity index (χ4v) is 2.40. The first-order valence-electron chi connectivity index (χ1n) is 6.15. The Morgan fingerprint density at radius 2 is 1.76 bits per heavy atom. The van der Waals surface area contributed by atoms with Gasteiger partial charge in [0, 0.05) is 31.4 Å². The molecule has 0 bridgehead atoms.